The molecule has 16 heavy (non-hydrogen) atoms. The van der Waals surface area contributed by atoms with Crippen LogP contribution in [0.5, 0.6) is 0 Å². The van der Waals surface area contributed by atoms with E-state index in [9.17, 15) is 4.79 Å². The summed E-state index contributed by atoms with van der Waals surface area (Å²) in [5.41, 5.74) is 0.750. The van der Waals surface area contributed by atoms with Gasteiger partial charge in [0.05, 0.1) is 11.9 Å². The number of rotatable bonds is 2. The maximum absolute atomic E-state index is 10.8. The highest BCUT2D eigenvalue weighted by Crippen LogP contribution is 2.19. The second-order valence-corrected chi connectivity index (χ2v) is 4.83. The van der Waals surface area contributed by atoms with Gasteiger partial charge in [0.2, 0.25) is 0 Å². The third-order valence-electron chi connectivity index (χ3n) is 2.67. The molecule has 2 rings (SSSR count). The zero-order valence-electron chi connectivity index (χ0n) is 8.95. The summed E-state index contributed by atoms with van der Waals surface area (Å²) in [5.74, 6) is 1.01. The minimum Gasteiger partial charge on any atom is -0.357 e. The van der Waals surface area contributed by atoms with Crippen molar-refractivity contribution in [3.8, 4) is 0 Å². The van der Waals surface area contributed by atoms with Crippen LogP contribution in [0.25, 0.3) is 0 Å². The number of nitrogens with one attached hydrogen (secondary N) is 1. The van der Waals surface area contributed by atoms with Crippen LogP contribution in [-0.4, -0.2) is 22.0 Å². The van der Waals surface area contributed by atoms with E-state index in [1.54, 1.807) is 28.8 Å². The number of hydrogen-bond donors (Lipinski definition) is 1. The van der Waals surface area contributed by atoms with Crippen LogP contribution in [0.1, 0.15) is 19.3 Å². The number of carbonyl (C=O) groups excluding carboxylic acids is 1. The van der Waals surface area contributed by atoms with Gasteiger partial charge in [0.15, 0.2) is 0 Å². The van der Waals surface area contributed by atoms with E-state index < -0.39 is 0 Å². The molecule has 0 aliphatic carbocycles. The lowest BCUT2D eigenvalue weighted by atomic mass is 10.1. The molecule has 0 saturated carbocycles. The molecule has 1 aromatic heterocycles. The van der Waals surface area contributed by atoms with Crippen molar-refractivity contribution in [2.75, 3.05) is 23.3 Å². The first-order valence-corrected chi connectivity index (χ1v) is 6.51. The lowest BCUT2D eigenvalue weighted by Gasteiger charge is -2.27. The fourth-order valence-electron chi connectivity index (χ4n) is 1.88. The van der Waals surface area contributed by atoms with E-state index in [1.807, 2.05) is 12.1 Å². The Hall–Kier alpha value is -0.850. The fourth-order valence-corrected chi connectivity index (χ4v) is 2.19. The summed E-state index contributed by atoms with van der Waals surface area (Å²) in [6, 6.07) is 3.86. The van der Waals surface area contributed by atoms with Gasteiger partial charge in [0.25, 0.3) is 3.91 Å². The molecular weight excluding hydrogens is 317 g/mol. The van der Waals surface area contributed by atoms with Crippen molar-refractivity contribution in [1.29, 1.82) is 0 Å². The molecule has 0 bridgehead atoms. The Morgan fingerprint density at radius 1 is 1.31 bits per heavy atom. The number of amides is 1. The van der Waals surface area contributed by atoms with Crippen LogP contribution in [0, 0.1) is 0 Å². The fraction of sp³-hybridized carbons (Fsp3) is 0.455. The smallest absolute Gasteiger partial charge is 0.285 e. The molecular formula is C11H14IN3O. The van der Waals surface area contributed by atoms with Gasteiger partial charge in [-0.25, -0.2) is 4.98 Å². The van der Waals surface area contributed by atoms with Crippen LogP contribution in [0.15, 0.2) is 18.3 Å². The average Bonchev–Trinajstić information content (AvgIpc) is 2.30. The first-order valence-electron chi connectivity index (χ1n) is 5.43. The molecule has 0 atom stereocenters. The molecule has 5 heteroatoms. The van der Waals surface area contributed by atoms with E-state index in [-0.39, 0.29) is 3.91 Å². The predicted molar refractivity (Wildman–Crippen MR) is 73.3 cm³/mol. The standard InChI is InChI=1S/C11H14IN3O/c12-11(16)14-9-4-5-10(13-8-9)15-6-2-1-3-7-15/h4-5,8H,1-3,6-7H2,(H,14,16). The van der Waals surface area contributed by atoms with E-state index in [0.29, 0.717) is 0 Å². The monoisotopic (exact) mass is 331 g/mol. The van der Waals surface area contributed by atoms with Crippen molar-refractivity contribution in [3.05, 3.63) is 18.3 Å². The minimum absolute atomic E-state index is 0.0925. The molecule has 4 nitrogen and oxygen atoms in total. The maximum Gasteiger partial charge on any atom is 0.285 e. The van der Waals surface area contributed by atoms with Crippen LogP contribution in [-0.2, 0) is 0 Å². The van der Waals surface area contributed by atoms with Crippen LogP contribution in [0.3, 0.4) is 0 Å². The van der Waals surface area contributed by atoms with Gasteiger partial charge in [-0.3, -0.25) is 4.79 Å². The van der Waals surface area contributed by atoms with Gasteiger partial charge in [-0.15, -0.1) is 0 Å². The first-order chi connectivity index (χ1) is 7.75. The molecule has 2 heterocycles. The topological polar surface area (TPSA) is 45.2 Å². The Kier molecular flexibility index (Phi) is 3.98. The van der Waals surface area contributed by atoms with Crippen LogP contribution >= 0.6 is 22.6 Å². The van der Waals surface area contributed by atoms with Crippen molar-refractivity contribution >= 4 is 38.0 Å². The Bertz CT molecular complexity index is 360. The molecule has 1 aromatic rings. The van der Waals surface area contributed by atoms with E-state index >= 15 is 0 Å². The number of carbonyl (C=O) groups is 1. The summed E-state index contributed by atoms with van der Waals surface area (Å²) in [5, 5.41) is 2.70. The zero-order chi connectivity index (χ0) is 11.4. The number of pyridine rings is 1. The molecule has 1 amide bonds. The van der Waals surface area contributed by atoms with Crippen molar-refractivity contribution in [1.82, 2.24) is 4.98 Å². The van der Waals surface area contributed by atoms with E-state index in [0.717, 1.165) is 24.6 Å². The molecule has 1 aliphatic rings. The number of hydrogen-bond acceptors (Lipinski definition) is 3. The quantitative estimate of drug-likeness (QED) is 0.515. The normalized spacial score (nSPS) is 15.9. The Morgan fingerprint density at radius 2 is 2.06 bits per heavy atom. The number of piperidine rings is 1. The third-order valence-corrected chi connectivity index (χ3v) is 2.94. The van der Waals surface area contributed by atoms with Gasteiger partial charge in [0.1, 0.15) is 5.82 Å². The Balaban J connectivity index is 2.03. The average molecular weight is 331 g/mol. The molecule has 0 unspecified atom stereocenters. The molecule has 1 aliphatic heterocycles. The minimum atomic E-state index is -0.0925. The summed E-state index contributed by atoms with van der Waals surface area (Å²) >= 11 is 1.71. The van der Waals surface area contributed by atoms with Gasteiger partial charge >= 0.3 is 0 Å². The van der Waals surface area contributed by atoms with E-state index in [1.165, 1.54) is 19.3 Å². The van der Waals surface area contributed by atoms with Crippen LogP contribution in [0.2, 0.25) is 0 Å². The van der Waals surface area contributed by atoms with Gasteiger partial charge < -0.3 is 10.2 Å². The van der Waals surface area contributed by atoms with Crippen LogP contribution < -0.4 is 10.2 Å². The zero-order valence-corrected chi connectivity index (χ0v) is 11.1. The highest BCUT2D eigenvalue weighted by Gasteiger charge is 2.11. The van der Waals surface area contributed by atoms with Crippen molar-refractivity contribution in [2.24, 2.45) is 0 Å². The summed E-state index contributed by atoms with van der Waals surface area (Å²) in [6.45, 7) is 2.18. The van der Waals surface area contributed by atoms with E-state index in [2.05, 4.69) is 15.2 Å². The second kappa shape index (κ2) is 5.47. The summed E-state index contributed by atoms with van der Waals surface area (Å²) in [7, 11) is 0. The van der Waals surface area contributed by atoms with Crippen molar-refractivity contribution in [3.63, 3.8) is 0 Å². The first kappa shape index (κ1) is 11.6. The second-order valence-electron chi connectivity index (χ2n) is 3.85. The van der Waals surface area contributed by atoms with E-state index in [4.69, 9.17) is 0 Å². The number of halogens is 1. The molecule has 1 fully saturated rings. The highest BCUT2D eigenvalue weighted by atomic mass is 127. The molecule has 1 N–H and O–H groups in total. The van der Waals surface area contributed by atoms with Gasteiger partial charge in [-0.2, -0.15) is 0 Å². The third kappa shape index (κ3) is 3.07. The van der Waals surface area contributed by atoms with Gasteiger partial charge in [-0.1, -0.05) is 0 Å². The van der Waals surface area contributed by atoms with Crippen molar-refractivity contribution < 1.29 is 4.79 Å². The molecule has 0 aromatic carbocycles. The lowest BCUT2D eigenvalue weighted by Crippen LogP contribution is -2.30. The summed E-state index contributed by atoms with van der Waals surface area (Å²) in [4.78, 5) is 17.5. The largest absolute Gasteiger partial charge is 0.357 e. The number of aromatic nitrogens is 1. The Labute approximate surface area is 109 Å². The van der Waals surface area contributed by atoms with Gasteiger partial charge in [0, 0.05) is 35.7 Å². The van der Waals surface area contributed by atoms with Crippen LogP contribution in [0.4, 0.5) is 16.3 Å². The molecule has 0 spiro atoms. The maximum atomic E-state index is 10.8. The molecule has 0 radical (unpaired) electrons. The summed E-state index contributed by atoms with van der Waals surface area (Å²) in [6.07, 6.45) is 5.52. The molecule has 1 saturated heterocycles. The predicted octanol–water partition coefficient (Wildman–Crippen LogP) is 3.04. The molecule has 86 valence electrons. The summed E-state index contributed by atoms with van der Waals surface area (Å²) < 4.78 is -0.0925. The number of nitrogens with zero attached hydrogens (tertiary/aromatic N) is 2. The van der Waals surface area contributed by atoms with Crippen molar-refractivity contribution in [2.45, 2.75) is 19.3 Å². The SMILES string of the molecule is O=C(I)Nc1ccc(N2CCCCC2)nc1. The van der Waals surface area contributed by atoms with Gasteiger partial charge in [-0.05, 0) is 31.4 Å². The number of anilines is 2. The lowest BCUT2D eigenvalue weighted by molar-refractivity contribution is 0.272. The Morgan fingerprint density at radius 3 is 2.62 bits per heavy atom. The highest BCUT2D eigenvalue weighted by molar-refractivity contribution is 14.1.